The number of carbonyl (C=O) groups is 1. The molecule has 0 N–H and O–H groups in total. The van der Waals surface area contributed by atoms with Gasteiger partial charge in [-0.3, -0.25) is 9.69 Å². The summed E-state index contributed by atoms with van der Waals surface area (Å²) in [4.78, 5) is 20.3. The first-order valence-electron chi connectivity index (χ1n) is 8.28. The molecule has 1 aliphatic heterocycles. The van der Waals surface area contributed by atoms with E-state index in [-0.39, 0.29) is 11.6 Å². The van der Waals surface area contributed by atoms with E-state index in [1.165, 1.54) is 18.0 Å². The summed E-state index contributed by atoms with van der Waals surface area (Å²) in [6.45, 7) is 7.75. The molecule has 128 valence electrons. The molecule has 0 atom stereocenters. The van der Waals surface area contributed by atoms with E-state index in [2.05, 4.69) is 22.2 Å². The number of benzene rings is 1. The minimum Gasteiger partial charge on any atom is -0.367 e. The average Bonchev–Trinajstić information content (AvgIpc) is 3.03. The monoisotopic (exact) mass is 347 g/mol. The maximum absolute atomic E-state index is 14.3. The van der Waals surface area contributed by atoms with Gasteiger partial charge in [0.1, 0.15) is 5.82 Å². The number of aromatic nitrogens is 1. The van der Waals surface area contributed by atoms with Crippen LogP contribution >= 0.6 is 11.3 Å². The highest BCUT2D eigenvalue weighted by Gasteiger charge is 2.20. The Morgan fingerprint density at radius 1 is 1.29 bits per heavy atom. The Balaban J connectivity index is 1.59. The summed E-state index contributed by atoms with van der Waals surface area (Å²) in [7, 11) is 0. The van der Waals surface area contributed by atoms with Crippen molar-refractivity contribution in [3.63, 3.8) is 0 Å². The van der Waals surface area contributed by atoms with Crippen LogP contribution < -0.4 is 4.90 Å². The third-order valence-electron chi connectivity index (χ3n) is 4.35. The number of aryl methyl sites for hydroxylation is 1. The molecule has 2 heterocycles. The Kier molecular flexibility index (Phi) is 5.26. The van der Waals surface area contributed by atoms with Crippen LogP contribution in [0.1, 0.15) is 34.9 Å². The highest BCUT2D eigenvalue weighted by molar-refractivity contribution is 7.09. The zero-order valence-corrected chi connectivity index (χ0v) is 14.9. The molecule has 6 heteroatoms. The van der Waals surface area contributed by atoms with Gasteiger partial charge in [-0.2, -0.15) is 0 Å². The van der Waals surface area contributed by atoms with E-state index in [0.717, 1.165) is 44.8 Å². The highest BCUT2D eigenvalue weighted by atomic mass is 32.1. The van der Waals surface area contributed by atoms with Crippen LogP contribution in [0.5, 0.6) is 0 Å². The second-order valence-electron chi connectivity index (χ2n) is 6.07. The lowest BCUT2D eigenvalue weighted by molar-refractivity contribution is 0.101. The number of thiazole rings is 1. The van der Waals surface area contributed by atoms with Crippen LogP contribution in [0.2, 0.25) is 0 Å². The fourth-order valence-electron chi connectivity index (χ4n) is 2.94. The van der Waals surface area contributed by atoms with Gasteiger partial charge in [0.25, 0.3) is 0 Å². The number of hydrogen-bond acceptors (Lipinski definition) is 5. The predicted molar refractivity (Wildman–Crippen MR) is 95.4 cm³/mol. The number of hydrogen-bond donors (Lipinski definition) is 0. The van der Waals surface area contributed by atoms with Gasteiger partial charge < -0.3 is 4.90 Å². The molecule has 0 spiro atoms. The van der Waals surface area contributed by atoms with Gasteiger partial charge in [-0.1, -0.05) is 6.92 Å². The van der Waals surface area contributed by atoms with Gasteiger partial charge in [0.15, 0.2) is 5.78 Å². The minimum absolute atomic E-state index is 0.111. The Morgan fingerprint density at radius 2 is 2.04 bits per heavy atom. The average molecular weight is 347 g/mol. The van der Waals surface area contributed by atoms with Gasteiger partial charge in [0.05, 0.1) is 16.4 Å². The lowest BCUT2D eigenvalue weighted by atomic mass is 10.1. The largest absolute Gasteiger partial charge is 0.367 e. The van der Waals surface area contributed by atoms with E-state index in [9.17, 15) is 9.18 Å². The molecule has 3 rings (SSSR count). The number of halogens is 1. The maximum atomic E-state index is 14.3. The van der Waals surface area contributed by atoms with Crippen molar-refractivity contribution in [2.24, 2.45) is 0 Å². The van der Waals surface area contributed by atoms with Gasteiger partial charge in [-0.15, -0.1) is 11.3 Å². The number of rotatable bonds is 5. The van der Waals surface area contributed by atoms with Crippen LogP contribution in [-0.4, -0.2) is 41.8 Å². The maximum Gasteiger partial charge on any atom is 0.159 e. The SMILES string of the molecule is CCc1nc(CN2CCN(c3ccc(C(C)=O)cc3F)CC2)cs1. The predicted octanol–water partition coefficient (Wildman–Crippen LogP) is 3.37. The number of nitrogens with zero attached hydrogens (tertiary/aromatic N) is 3. The Labute approximate surface area is 145 Å². The van der Waals surface area contributed by atoms with Gasteiger partial charge in [-0.25, -0.2) is 9.37 Å². The van der Waals surface area contributed by atoms with Crippen molar-refractivity contribution in [1.29, 1.82) is 0 Å². The van der Waals surface area contributed by atoms with Crippen molar-refractivity contribution in [3.8, 4) is 0 Å². The van der Waals surface area contributed by atoms with E-state index < -0.39 is 0 Å². The van der Waals surface area contributed by atoms with Crippen LogP contribution in [0.3, 0.4) is 0 Å². The van der Waals surface area contributed by atoms with Crippen molar-refractivity contribution in [1.82, 2.24) is 9.88 Å². The van der Waals surface area contributed by atoms with E-state index in [4.69, 9.17) is 0 Å². The van der Waals surface area contributed by atoms with Crippen molar-refractivity contribution in [2.75, 3.05) is 31.1 Å². The smallest absolute Gasteiger partial charge is 0.159 e. The fraction of sp³-hybridized carbons (Fsp3) is 0.444. The summed E-state index contributed by atoms with van der Waals surface area (Å²) < 4.78 is 14.3. The number of anilines is 1. The molecule has 1 aliphatic rings. The molecule has 0 radical (unpaired) electrons. The molecular weight excluding hydrogens is 325 g/mol. The number of ketones is 1. The first-order valence-corrected chi connectivity index (χ1v) is 9.16. The van der Waals surface area contributed by atoms with E-state index in [1.807, 2.05) is 4.90 Å². The summed E-state index contributed by atoms with van der Waals surface area (Å²) in [6.07, 6.45) is 0.980. The summed E-state index contributed by atoms with van der Waals surface area (Å²) in [5, 5.41) is 3.31. The number of carbonyl (C=O) groups excluding carboxylic acids is 1. The fourth-order valence-corrected chi connectivity index (χ4v) is 3.68. The first-order chi connectivity index (χ1) is 11.6. The molecule has 0 unspecified atom stereocenters. The normalized spacial score (nSPS) is 15.7. The lowest BCUT2D eigenvalue weighted by Gasteiger charge is -2.36. The minimum atomic E-state index is -0.316. The van der Waals surface area contributed by atoms with Gasteiger partial charge in [-0.05, 0) is 31.5 Å². The molecule has 4 nitrogen and oxygen atoms in total. The molecule has 2 aromatic rings. The van der Waals surface area contributed by atoms with E-state index in [0.29, 0.717) is 11.3 Å². The van der Waals surface area contributed by atoms with Crippen LogP contribution in [0.15, 0.2) is 23.6 Å². The second kappa shape index (κ2) is 7.40. The Morgan fingerprint density at radius 3 is 2.62 bits per heavy atom. The summed E-state index contributed by atoms with van der Waals surface area (Å²) in [5.74, 6) is -0.428. The van der Waals surface area contributed by atoms with Crippen LogP contribution in [0, 0.1) is 5.82 Å². The van der Waals surface area contributed by atoms with Crippen LogP contribution in [-0.2, 0) is 13.0 Å². The Bertz CT molecular complexity index is 723. The lowest BCUT2D eigenvalue weighted by Crippen LogP contribution is -2.46. The van der Waals surface area contributed by atoms with Gasteiger partial charge in [0.2, 0.25) is 0 Å². The molecule has 1 fully saturated rings. The first kappa shape index (κ1) is 17.0. The molecule has 24 heavy (non-hydrogen) atoms. The molecule has 1 aromatic heterocycles. The van der Waals surface area contributed by atoms with E-state index >= 15 is 0 Å². The van der Waals surface area contributed by atoms with Crippen molar-refractivity contribution in [3.05, 3.63) is 45.7 Å². The standard InChI is InChI=1S/C18H22FN3OS/c1-3-18-20-15(12-24-18)11-21-6-8-22(9-7-21)17-5-4-14(13(2)23)10-16(17)19/h4-5,10,12H,3,6-9,11H2,1-2H3. The summed E-state index contributed by atoms with van der Waals surface area (Å²) >= 11 is 1.72. The summed E-state index contributed by atoms with van der Waals surface area (Å²) in [5.41, 5.74) is 2.13. The van der Waals surface area contributed by atoms with Crippen molar-refractivity contribution >= 4 is 22.8 Å². The third-order valence-corrected chi connectivity index (χ3v) is 5.40. The highest BCUT2D eigenvalue weighted by Crippen LogP contribution is 2.23. The molecule has 1 saturated heterocycles. The molecule has 1 aromatic carbocycles. The zero-order valence-electron chi connectivity index (χ0n) is 14.1. The Hall–Kier alpha value is -1.79. The molecule has 0 bridgehead atoms. The van der Waals surface area contributed by atoms with E-state index in [1.54, 1.807) is 23.5 Å². The molecule has 0 saturated carbocycles. The van der Waals surface area contributed by atoms with Crippen molar-refractivity contribution in [2.45, 2.75) is 26.8 Å². The molecule has 0 amide bonds. The van der Waals surface area contributed by atoms with Crippen LogP contribution in [0.4, 0.5) is 10.1 Å². The topological polar surface area (TPSA) is 36.4 Å². The molecule has 0 aliphatic carbocycles. The number of Topliss-reactive ketones (excluding diaryl/α,β-unsaturated/α-hetero) is 1. The quantitative estimate of drug-likeness (QED) is 0.777. The van der Waals surface area contributed by atoms with Crippen LogP contribution in [0.25, 0.3) is 0 Å². The third kappa shape index (κ3) is 3.82. The molecular formula is C18H22FN3OS. The van der Waals surface area contributed by atoms with Crippen molar-refractivity contribution < 1.29 is 9.18 Å². The second-order valence-corrected chi connectivity index (χ2v) is 7.01. The van der Waals surface area contributed by atoms with Gasteiger partial charge in [0, 0.05) is 43.7 Å². The zero-order chi connectivity index (χ0) is 17.1. The number of piperazine rings is 1. The summed E-state index contributed by atoms with van der Waals surface area (Å²) in [6, 6.07) is 4.76. The van der Waals surface area contributed by atoms with Gasteiger partial charge >= 0.3 is 0 Å².